The van der Waals surface area contributed by atoms with Crippen molar-refractivity contribution in [2.45, 2.75) is 33.1 Å². The van der Waals surface area contributed by atoms with E-state index >= 15 is 0 Å². The average Bonchev–Trinajstić information content (AvgIpc) is 2.22. The van der Waals surface area contributed by atoms with Gasteiger partial charge in [0.2, 0.25) is 0 Å². The minimum atomic E-state index is 0.818. The molecule has 0 radical (unpaired) electrons. The second kappa shape index (κ2) is 6.28. The van der Waals surface area contributed by atoms with E-state index in [4.69, 9.17) is 4.74 Å². The van der Waals surface area contributed by atoms with Crippen molar-refractivity contribution >= 4 is 0 Å². The maximum atomic E-state index is 5.68. The highest BCUT2D eigenvalue weighted by Gasteiger charge is 1.99. The molecule has 15 heavy (non-hydrogen) atoms. The Morgan fingerprint density at radius 1 is 1.40 bits per heavy atom. The monoisotopic (exact) mass is 204 g/mol. The molecule has 1 rings (SSSR count). The van der Waals surface area contributed by atoms with Crippen LogP contribution in [0.5, 0.6) is 5.75 Å². The number of ether oxygens (including phenoxy) is 1. The molecule has 0 saturated heterocycles. The first kappa shape index (κ1) is 11.8. The Bertz CT molecular complexity index is 315. The fraction of sp³-hybridized carbons (Fsp3) is 0.429. The summed E-state index contributed by atoms with van der Waals surface area (Å²) in [6.07, 6.45) is 5.14. The van der Waals surface area contributed by atoms with E-state index in [9.17, 15) is 0 Å². The largest absolute Gasteiger partial charge is 0.493 e. The normalized spacial score (nSPS) is 10.0. The highest BCUT2D eigenvalue weighted by Crippen LogP contribution is 2.19. The molecular formula is C14H20O. The lowest BCUT2D eigenvalue weighted by Crippen LogP contribution is -1.98. The van der Waals surface area contributed by atoms with Crippen LogP contribution in [0.15, 0.2) is 30.9 Å². The molecule has 0 aliphatic heterocycles. The molecule has 0 amide bonds. The quantitative estimate of drug-likeness (QED) is 0.504. The summed E-state index contributed by atoms with van der Waals surface area (Å²) >= 11 is 0. The first-order valence-electron chi connectivity index (χ1n) is 5.61. The Balaban J connectivity index is 2.61. The van der Waals surface area contributed by atoms with E-state index in [-0.39, 0.29) is 0 Å². The summed E-state index contributed by atoms with van der Waals surface area (Å²) in [5.41, 5.74) is 2.51. The fourth-order valence-electron chi connectivity index (χ4n) is 1.49. The fourth-order valence-corrected chi connectivity index (χ4v) is 1.49. The summed E-state index contributed by atoms with van der Waals surface area (Å²) in [7, 11) is 0. The van der Waals surface area contributed by atoms with Gasteiger partial charge in [0.05, 0.1) is 6.61 Å². The van der Waals surface area contributed by atoms with E-state index in [1.165, 1.54) is 17.5 Å². The van der Waals surface area contributed by atoms with Gasteiger partial charge in [0, 0.05) is 0 Å². The molecule has 1 nitrogen and oxygen atoms in total. The van der Waals surface area contributed by atoms with Crippen LogP contribution in [0.25, 0.3) is 0 Å². The van der Waals surface area contributed by atoms with Crippen molar-refractivity contribution in [2.24, 2.45) is 0 Å². The molecule has 0 aromatic heterocycles. The minimum absolute atomic E-state index is 0.818. The second-order valence-corrected chi connectivity index (χ2v) is 3.79. The maximum Gasteiger partial charge on any atom is 0.122 e. The van der Waals surface area contributed by atoms with Crippen LogP contribution < -0.4 is 4.74 Å². The predicted octanol–water partition coefficient (Wildman–Crippen LogP) is 3.90. The molecule has 0 unspecified atom stereocenters. The number of aryl methyl sites for hydroxylation is 1. The van der Waals surface area contributed by atoms with Crippen LogP contribution in [-0.4, -0.2) is 6.61 Å². The lowest BCUT2D eigenvalue weighted by atomic mass is 10.1. The number of benzene rings is 1. The van der Waals surface area contributed by atoms with Gasteiger partial charge in [0.25, 0.3) is 0 Å². The Labute approximate surface area is 92.8 Å². The van der Waals surface area contributed by atoms with Gasteiger partial charge in [-0.25, -0.2) is 0 Å². The molecule has 82 valence electrons. The van der Waals surface area contributed by atoms with E-state index in [0.717, 1.165) is 25.2 Å². The van der Waals surface area contributed by atoms with E-state index in [2.05, 4.69) is 38.6 Å². The molecular weight excluding hydrogens is 184 g/mol. The van der Waals surface area contributed by atoms with Gasteiger partial charge < -0.3 is 4.74 Å². The molecule has 0 N–H and O–H groups in total. The number of rotatable bonds is 6. The smallest absolute Gasteiger partial charge is 0.122 e. The van der Waals surface area contributed by atoms with Gasteiger partial charge >= 0.3 is 0 Å². The summed E-state index contributed by atoms with van der Waals surface area (Å²) in [6, 6.07) is 6.34. The number of hydrogen-bond donors (Lipinski definition) is 0. The third-order valence-electron chi connectivity index (χ3n) is 2.37. The summed E-state index contributed by atoms with van der Waals surface area (Å²) in [6.45, 7) is 8.82. The summed E-state index contributed by atoms with van der Waals surface area (Å²) < 4.78 is 5.68. The zero-order valence-electron chi connectivity index (χ0n) is 9.75. The zero-order valence-corrected chi connectivity index (χ0v) is 9.75. The van der Waals surface area contributed by atoms with Crippen molar-refractivity contribution in [3.8, 4) is 5.75 Å². The van der Waals surface area contributed by atoms with Gasteiger partial charge in [-0.3, -0.25) is 0 Å². The van der Waals surface area contributed by atoms with E-state index in [1.807, 2.05) is 6.08 Å². The van der Waals surface area contributed by atoms with Crippen LogP contribution in [0.1, 0.15) is 30.9 Å². The van der Waals surface area contributed by atoms with Crippen molar-refractivity contribution in [2.75, 3.05) is 6.61 Å². The van der Waals surface area contributed by atoms with Gasteiger partial charge in [0.1, 0.15) is 5.75 Å². The van der Waals surface area contributed by atoms with Crippen LogP contribution in [0.2, 0.25) is 0 Å². The van der Waals surface area contributed by atoms with Gasteiger partial charge in [-0.2, -0.15) is 0 Å². The van der Waals surface area contributed by atoms with Gasteiger partial charge in [-0.15, -0.1) is 6.58 Å². The highest BCUT2D eigenvalue weighted by atomic mass is 16.5. The molecule has 0 bridgehead atoms. The maximum absolute atomic E-state index is 5.68. The van der Waals surface area contributed by atoms with Crippen molar-refractivity contribution < 1.29 is 4.74 Å². The first-order valence-corrected chi connectivity index (χ1v) is 5.61. The molecule has 0 saturated carbocycles. The van der Waals surface area contributed by atoms with Crippen molar-refractivity contribution in [3.63, 3.8) is 0 Å². The molecule has 0 fully saturated rings. The van der Waals surface area contributed by atoms with Crippen molar-refractivity contribution in [1.29, 1.82) is 0 Å². The SMILES string of the molecule is C=CCc1ccc(OCCCC)c(C)c1. The summed E-state index contributed by atoms with van der Waals surface area (Å²) in [5.74, 6) is 1.01. The number of hydrogen-bond acceptors (Lipinski definition) is 1. The van der Waals surface area contributed by atoms with Gasteiger partial charge in [-0.05, 0) is 37.0 Å². The molecule has 0 spiro atoms. The third-order valence-corrected chi connectivity index (χ3v) is 2.37. The summed E-state index contributed by atoms with van der Waals surface area (Å²) in [5, 5.41) is 0. The highest BCUT2D eigenvalue weighted by molar-refractivity contribution is 5.36. The third kappa shape index (κ3) is 3.78. The van der Waals surface area contributed by atoms with Crippen molar-refractivity contribution in [3.05, 3.63) is 42.0 Å². The second-order valence-electron chi connectivity index (χ2n) is 3.79. The van der Waals surface area contributed by atoms with Crippen LogP contribution >= 0.6 is 0 Å². The average molecular weight is 204 g/mol. The molecule has 0 heterocycles. The molecule has 1 aromatic carbocycles. The van der Waals surface area contributed by atoms with E-state index < -0.39 is 0 Å². The molecule has 0 aliphatic carbocycles. The Hall–Kier alpha value is -1.24. The molecule has 1 aromatic rings. The zero-order chi connectivity index (χ0) is 11.1. The minimum Gasteiger partial charge on any atom is -0.493 e. The number of unbranched alkanes of at least 4 members (excludes halogenated alkanes) is 1. The topological polar surface area (TPSA) is 9.23 Å². The Kier molecular flexibility index (Phi) is 4.96. The molecule has 0 atom stereocenters. The Morgan fingerprint density at radius 3 is 2.80 bits per heavy atom. The predicted molar refractivity (Wildman–Crippen MR) is 65.5 cm³/mol. The van der Waals surface area contributed by atoms with Crippen molar-refractivity contribution in [1.82, 2.24) is 0 Å². The lowest BCUT2D eigenvalue weighted by molar-refractivity contribution is 0.307. The van der Waals surface area contributed by atoms with E-state index in [0.29, 0.717) is 0 Å². The number of allylic oxidation sites excluding steroid dienone is 1. The lowest BCUT2D eigenvalue weighted by Gasteiger charge is -2.09. The summed E-state index contributed by atoms with van der Waals surface area (Å²) in [4.78, 5) is 0. The standard InChI is InChI=1S/C14H20O/c1-4-6-10-15-14-9-8-13(7-5-2)11-12(14)3/h5,8-9,11H,2,4,6-7,10H2,1,3H3. The van der Waals surface area contributed by atoms with Crippen LogP contribution in [-0.2, 0) is 6.42 Å². The van der Waals surface area contributed by atoms with Crippen LogP contribution in [0.3, 0.4) is 0 Å². The van der Waals surface area contributed by atoms with Crippen LogP contribution in [0, 0.1) is 6.92 Å². The van der Waals surface area contributed by atoms with Crippen LogP contribution in [0.4, 0.5) is 0 Å². The Morgan fingerprint density at radius 2 is 2.20 bits per heavy atom. The molecule has 0 aliphatic rings. The molecule has 1 heteroatoms. The first-order chi connectivity index (χ1) is 7.27. The van der Waals surface area contributed by atoms with Gasteiger partial charge in [-0.1, -0.05) is 31.6 Å². The van der Waals surface area contributed by atoms with E-state index in [1.54, 1.807) is 0 Å². The van der Waals surface area contributed by atoms with Gasteiger partial charge in [0.15, 0.2) is 0 Å².